The molecule has 2 rings (SSSR count). The molecule has 1 N–H and O–H groups in total. The highest BCUT2D eigenvalue weighted by atomic mass is 16.5. The molecule has 0 aliphatic carbocycles. The molecular weight excluding hydrogens is 240 g/mol. The standard InChI is InChI=1S/C15H22N2O2/c1-17(13-5-7-14(19-2)8-6-13)15(18)10-12-4-3-9-16-11-12/h5-8,12,16H,3-4,9-11H2,1-2H3. The summed E-state index contributed by atoms with van der Waals surface area (Å²) in [6, 6.07) is 7.58. The van der Waals surface area contributed by atoms with E-state index < -0.39 is 0 Å². The molecule has 1 atom stereocenters. The topological polar surface area (TPSA) is 41.6 Å². The number of anilines is 1. The zero-order chi connectivity index (χ0) is 13.7. The summed E-state index contributed by atoms with van der Waals surface area (Å²) >= 11 is 0. The van der Waals surface area contributed by atoms with Gasteiger partial charge in [0.15, 0.2) is 0 Å². The molecule has 1 unspecified atom stereocenters. The quantitative estimate of drug-likeness (QED) is 0.903. The van der Waals surface area contributed by atoms with Crippen LogP contribution in [-0.2, 0) is 4.79 Å². The number of carbonyl (C=O) groups is 1. The zero-order valence-electron chi connectivity index (χ0n) is 11.7. The van der Waals surface area contributed by atoms with Crippen LogP contribution in [0.3, 0.4) is 0 Å². The SMILES string of the molecule is COc1ccc(N(C)C(=O)CC2CCCNC2)cc1. The highest BCUT2D eigenvalue weighted by molar-refractivity contribution is 5.92. The largest absolute Gasteiger partial charge is 0.497 e. The van der Waals surface area contributed by atoms with Crippen molar-refractivity contribution in [2.24, 2.45) is 5.92 Å². The molecule has 104 valence electrons. The first-order chi connectivity index (χ1) is 9.20. The van der Waals surface area contributed by atoms with E-state index in [2.05, 4.69) is 5.32 Å². The summed E-state index contributed by atoms with van der Waals surface area (Å²) in [6.45, 7) is 2.04. The van der Waals surface area contributed by atoms with E-state index in [9.17, 15) is 4.79 Å². The zero-order valence-corrected chi connectivity index (χ0v) is 11.7. The predicted molar refractivity (Wildman–Crippen MR) is 76.6 cm³/mol. The first kappa shape index (κ1) is 13.9. The van der Waals surface area contributed by atoms with Crippen molar-refractivity contribution in [3.63, 3.8) is 0 Å². The number of rotatable bonds is 4. The van der Waals surface area contributed by atoms with Gasteiger partial charge in [-0.05, 0) is 56.1 Å². The van der Waals surface area contributed by atoms with E-state index in [0.29, 0.717) is 12.3 Å². The number of methoxy groups -OCH3 is 1. The van der Waals surface area contributed by atoms with E-state index in [4.69, 9.17) is 4.74 Å². The Labute approximate surface area is 114 Å². The summed E-state index contributed by atoms with van der Waals surface area (Å²) in [5, 5.41) is 3.35. The van der Waals surface area contributed by atoms with Crippen LogP contribution < -0.4 is 15.0 Å². The second kappa shape index (κ2) is 6.57. The van der Waals surface area contributed by atoms with E-state index >= 15 is 0 Å². The van der Waals surface area contributed by atoms with Gasteiger partial charge < -0.3 is 15.0 Å². The number of benzene rings is 1. The second-order valence-electron chi connectivity index (χ2n) is 5.07. The Hall–Kier alpha value is -1.55. The summed E-state index contributed by atoms with van der Waals surface area (Å²) in [6.07, 6.45) is 2.94. The molecule has 1 aliphatic rings. The van der Waals surface area contributed by atoms with Crippen LogP contribution >= 0.6 is 0 Å². The van der Waals surface area contributed by atoms with Gasteiger partial charge in [0, 0.05) is 19.2 Å². The van der Waals surface area contributed by atoms with E-state index in [1.54, 1.807) is 12.0 Å². The van der Waals surface area contributed by atoms with Crippen molar-refractivity contribution in [1.82, 2.24) is 5.32 Å². The molecule has 0 aromatic heterocycles. The Morgan fingerprint density at radius 3 is 2.74 bits per heavy atom. The maximum atomic E-state index is 12.2. The molecular formula is C15H22N2O2. The molecule has 4 nitrogen and oxygen atoms in total. The van der Waals surface area contributed by atoms with Crippen LogP contribution in [0.25, 0.3) is 0 Å². The lowest BCUT2D eigenvalue weighted by molar-refractivity contribution is -0.119. The smallest absolute Gasteiger partial charge is 0.227 e. The van der Waals surface area contributed by atoms with Crippen LogP contribution in [-0.4, -0.2) is 33.2 Å². The van der Waals surface area contributed by atoms with Crippen LogP contribution in [0.1, 0.15) is 19.3 Å². The molecule has 0 saturated carbocycles. The third-order valence-corrected chi connectivity index (χ3v) is 3.70. The fourth-order valence-corrected chi connectivity index (χ4v) is 2.43. The molecule has 1 aromatic rings. The van der Waals surface area contributed by atoms with E-state index in [-0.39, 0.29) is 5.91 Å². The average Bonchev–Trinajstić information content (AvgIpc) is 2.47. The Morgan fingerprint density at radius 1 is 1.42 bits per heavy atom. The minimum atomic E-state index is 0.180. The molecule has 19 heavy (non-hydrogen) atoms. The first-order valence-corrected chi connectivity index (χ1v) is 6.82. The number of hydrogen-bond acceptors (Lipinski definition) is 3. The van der Waals surface area contributed by atoms with Crippen LogP contribution in [0.2, 0.25) is 0 Å². The van der Waals surface area contributed by atoms with E-state index in [0.717, 1.165) is 30.9 Å². The van der Waals surface area contributed by atoms with Crippen molar-refractivity contribution in [2.75, 3.05) is 32.1 Å². The number of carbonyl (C=O) groups excluding carboxylic acids is 1. The molecule has 0 bridgehead atoms. The van der Waals surface area contributed by atoms with Gasteiger partial charge in [-0.25, -0.2) is 0 Å². The Morgan fingerprint density at radius 2 is 2.16 bits per heavy atom. The number of nitrogens with zero attached hydrogens (tertiary/aromatic N) is 1. The van der Waals surface area contributed by atoms with Crippen molar-refractivity contribution >= 4 is 11.6 Å². The fourth-order valence-electron chi connectivity index (χ4n) is 2.43. The highest BCUT2D eigenvalue weighted by Gasteiger charge is 2.19. The van der Waals surface area contributed by atoms with Gasteiger partial charge in [-0.1, -0.05) is 0 Å². The first-order valence-electron chi connectivity index (χ1n) is 6.82. The maximum Gasteiger partial charge on any atom is 0.227 e. The van der Waals surface area contributed by atoms with Crippen molar-refractivity contribution in [3.8, 4) is 5.75 Å². The van der Waals surface area contributed by atoms with Gasteiger partial charge in [0.25, 0.3) is 0 Å². The number of hydrogen-bond donors (Lipinski definition) is 1. The molecule has 0 radical (unpaired) electrons. The second-order valence-corrected chi connectivity index (χ2v) is 5.07. The molecule has 1 saturated heterocycles. The third-order valence-electron chi connectivity index (χ3n) is 3.70. The molecule has 1 amide bonds. The van der Waals surface area contributed by atoms with Gasteiger partial charge in [-0.3, -0.25) is 4.79 Å². The van der Waals surface area contributed by atoms with Gasteiger partial charge >= 0.3 is 0 Å². The number of ether oxygens (including phenoxy) is 1. The fraction of sp³-hybridized carbons (Fsp3) is 0.533. The van der Waals surface area contributed by atoms with Crippen molar-refractivity contribution in [3.05, 3.63) is 24.3 Å². The van der Waals surface area contributed by atoms with Crippen LogP contribution in [0.5, 0.6) is 5.75 Å². The summed E-state index contributed by atoms with van der Waals surface area (Å²) in [5.74, 6) is 1.46. The Kier molecular flexibility index (Phi) is 4.80. The van der Waals surface area contributed by atoms with Crippen LogP contribution in [0.4, 0.5) is 5.69 Å². The lowest BCUT2D eigenvalue weighted by Gasteiger charge is -2.25. The van der Waals surface area contributed by atoms with Crippen molar-refractivity contribution in [1.29, 1.82) is 0 Å². The lowest BCUT2D eigenvalue weighted by Crippen LogP contribution is -2.35. The number of amides is 1. The number of nitrogens with one attached hydrogen (secondary N) is 1. The predicted octanol–water partition coefficient (Wildman–Crippen LogP) is 2.05. The Bertz CT molecular complexity index is 411. The van der Waals surface area contributed by atoms with Gasteiger partial charge in [0.05, 0.1) is 7.11 Å². The lowest BCUT2D eigenvalue weighted by atomic mass is 9.95. The summed E-state index contributed by atoms with van der Waals surface area (Å²) < 4.78 is 5.12. The van der Waals surface area contributed by atoms with Crippen LogP contribution in [0.15, 0.2) is 24.3 Å². The molecule has 1 fully saturated rings. The molecule has 1 aromatic carbocycles. The summed E-state index contributed by atoms with van der Waals surface area (Å²) in [5.41, 5.74) is 0.912. The summed E-state index contributed by atoms with van der Waals surface area (Å²) in [4.78, 5) is 14.0. The van der Waals surface area contributed by atoms with Gasteiger partial charge in [0.1, 0.15) is 5.75 Å². The van der Waals surface area contributed by atoms with Gasteiger partial charge in [0.2, 0.25) is 5.91 Å². The third kappa shape index (κ3) is 3.70. The molecule has 1 aliphatic heterocycles. The molecule has 4 heteroatoms. The van der Waals surface area contributed by atoms with E-state index in [1.807, 2.05) is 31.3 Å². The summed E-state index contributed by atoms with van der Waals surface area (Å²) in [7, 11) is 3.47. The van der Waals surface area contributed by atoms with Crippen molar-refractivity contribution < 1.29 is 9.53 Å². The van der Waals surface area contributed by atoms with Gasteiger partial charge in [-0.15, -0.1) is 0 Å². The highest BCUT2D eigenvalue weighted by Crippen LogP contribution is 2.21. The number of piperidine rings is 1. The van der Waals surface area contributed by atoms with E-state index in [1.165, 1.54) is 6.42 Å². The van der Waals surface area contributed by atoms with Crippen LogP contribution in [0, 0.1) is 5.92 Å². The monoisotopic (exact) mass is 262 g/mol. The normalized spacial score (nSPS) is 18.9. The molecule has 0 spiro atoms. The Balaban J connectivity index is 1.93. The van der Waals surface area contributed by atoms with Gasteiger partial charge in [-0.2, -0.15) is 0 Å². The average molecular weight is 262 g/mol. The minimum absolute atomic E-state index is 0.180. The van der Waals surface area contributed by atoms with Crippen molar-refractivity contribution in [2.45, 2.75) is 19.3 Å². The maximum absolute atomic E-state index is 12.2. The molecule has 1 heterocycles. The minimum Gasteiger partial charge on any atom is -0.497 e.